The highest BCUT2D eigenvalue weighted by Crippen LogP contribution is 2.29. The van der Waals surface area contributed by atoms with Gasteiger partial charge in [0.25, 0.3) is 0 Å². The fourth-order valence-corrected chi connectivity index (χ4v) is 3.64. The van der Waals surface area contributed by atoms with Crippen molar-refractivity contribution < 1.29 is 9.59 Å². The lowest BCUT2D eigenvalue weighted by molar-refractivity contribution is -0.119. The number of hydrogen-bond donors (Lipinski definition) is 2. The SMILES string of the molecule is CCC(C(=O)Nc1ccc2sc(NC(=O)C(C)C)nc2c1)c1ccccc1. The minimum Gasteiger partial charge on any atom is -0.325 e. The molecule has 140 valence electrons. The molecule has 0 saturated carbocycles. The summed E-state index contributed by atoms with van der Waals surface area (Å²) in [6.45, 7) is 5.69. The molecule has 27 heavy (non-hydrogen) atoms. The van der Waals surface area contributed by atoms with Crippen LogP contribution in [0.3, 0.4) is 0 Å². The van der Waals surface area contributed by atoms with E-state index in [2.05, 4.69) is 15.6 Å². The van der Waals surface area contributed by atoms with Crippen LogP contribution in [0, 0.1) is 5.92 Å². The van der Waals surface area contributed by atoms with E-state index in [0.717, 1.165) is 22.2 Å². The molecule has 2 aromatic carbocycles. The van der Waals surface area contributed by atoms with Crippen LogP contribution in [-0.2, 0) is 9.59 Å². The molecule has 1 heterocycles. The predicted octanol–water partition coefficient (Wildman–Crippen LogP) is 5.02. The van der Waals surface area contributed by atoms with Gasteiger partial charge in [-0.15, -0.1) is 0 Å². The molecule has 5 nitrogen and oxygen atoms in total. The second kappa shape index (κ2) is 8.31. The van der Waals surface area contributed by atoms with E-state index in [1.165, 1.54) is 11.3 Å². The molecule has 2 amide bonds. The van der Waals surface area contributed by atoms with Gasteiger partial charge in [-0.05, 0) is 30.2 Å². The van der Waals surface area contributed by atoms with Crippen molar-refractivity contribution in [3.63, 3.8) is 0 Å². The first-order valence-electron chi connectivity index (χ1n) is 9.05. The van der Waals surface area contributed by atoms with Crippen LogP contribution in [0.5, 0.6) is 0 Å². The van der Waals surface area contributed by atoms with Crippen molar-refractivity contribution in [1.82, 2.24) is 4.98 Å². The number of benzene rings is 2. The summed E-state index contributed by atoms with van der Waals surface area (Å²) in [5.41, 5.74) is 2.46. The maximum Gasteiger partial charge on any atom is 0.231 e. The molecule has 0 spiro atoms. The van der Waals surface area contributed by atoms with Crippen molar-refractivity contribution in [3.8, 4) is 0 Å². The van der Waals surface area contributed by atoms with Crippen LogP contribution >= 0.6 is 11.3 Å². The highest BCUT2D eigenvalue weighted by molar-refractivity contribution is 7.22. The summed E-state index contributed by atoms with van der Waals surface area (Å²) < 4.78 is 0.960. The van der Waals surface area contributed by atoms with Gasteiger partial charge in [0, 0.05) is 11.6 Å². The fourth-order valence-electron chi connectivity index (χ4n) is 2.80. The lowest BCUT2D eigenvalue weighted by Gasteiger charge is -2.15. The maximum atomic E-state index is 12.7. The number of carbonyl (C=O) groups is 2. The molecule has 0 aliphatic heterocycles. The molecule has 3 aromatic rings. The monoisotopic (exact) mass is 381 g/mol. The van der Waals surface area contributed by atoms with Gasteiger partial charge in [0.2, 0.25) is 11.8 Å². The van der Waals surface area contributed by atoms with E-state index in [-0.39, 0.29) is 23.7 Å². The number of aromatic nitrogens is 1. The Bertz CT molecular complexity index is 950. The molecule has 2 N–H and O–H groups in total. The van der Waals surface area contributed by atoms with Crippen molar-refractivity contribution >= 4 is 44.2 Å². The number of anilines is 2. The van der Waals surface area contributed by atoms with Gasteiger partial charge >= 0.3 is 0 Å². The molecule has 1 unspecified atom stereocenters. The van der Waals surface area contributed by atoms with Crippen molar-refractivity contribution in [1.29, 1.82) is 0 Å². The normalized spacial score (nSPS) is 12.1. The van der Waals surface area contributed by atoms with E-state index in [0.29, 0.717) is 10.8 Å². The van der Waals surface area contributed by atoms with Gasteiger partial charge in [-0.3, -0.25) is 9.59 Å². The maximum absolute atomic E-state index is 12.7. The fraction of sp³-hybridized carbons (Fsp3) is 0.286. The Hall–Kier alpha value is -2.73. The first-order valence-corrected chi connectivity index (χ1v) is 9.87. The molecule has 0 aliphatic carbocycles. The second-order valence-electron chi connectivity index (χ2n) is 6.71. The Morgan fingerprint density at radius 2 is 1.78 bits per heavy atom. The molecule has 0 fully saturated rings. The third-order valence-electron chi connectivity index (χ3n) is 4.34. The number of thiazole rings is 1. The topological polar surface area (TPSA) is 71.1 Å². The molecule has 1 aromatic heterocycles. The van der Waals surface area contributed by atoms with Crippen LogP contribution in [0.2, 0.25) is 0 Å². The number of nitrogens with zero attached hydrogens (tertiary/aromatic N) is 1. The van der Waals surface area contributed by atoms with E-state index in [1.807, 2.05) is 69.3 Å². The molecule has 0 saturated heterocycles. The van der Waals surface area contributed by atoms with E-state index >= 15 is 0 Å². The zero-order chi connectivity index (χ0) is 19.4. The highest BCUT2D eigenvalue weighted by Gasteiger charge is 2.19. The van der Waals surface area contributed by atoms with Gasteiger partial charge in [0.05, 0.1) is 16.1 Å². The molecule has 0 aliphatic rings. The van der Waals surface area contributed by atoms with E-state index < -0.39 is 0 Å². The summed E-state index contributed by atoms with van der Waals surface area (Å²) in [5, 5.41) is 6.38. The summed E-state index contributed by atoms with van der Waals surface area (Å²) in [6.07, 6.45) is 0.722. The Morgan fingerprint density at radius 3 is 2.44 bits per heavy atom. The van der Waals surface area contributed by atoms with E-state index in [4.69, 9.17) is 0 Å². The van der Waals surface area contributed by atoms with Crippen LogP contribution in [0.15, 0.2) is 48.5 Å². The summed E-state index contributed by atoms with van der Waals surface area (Å²) >= 11 is 1.42. The Balaban J connectivity index is 1.76. The Morgan fingerprint density at radius 1 is 1.04 bits per heavy atom. The minimum atomic E-state index is -0.196. The molecule has 0 bridgehead atoms. The third-order valence-corrected chi connectivity index (χ3v) is 5.29. The predicted molar refractivity (Wildman–Crippen MR) is 111 cm³/mol. The van der Waals surface area contributed by atoms with Gasteiger partial charge in [0.15, 0.2) is 5.13 Å². The molecular weight excluding hydrogens is 358 g/mol. The number of rotatable bonds is 6. The number of hydrogen-bond acceptors (Lipinski definition) is 4. The third kappa shape index (κ3) is 4.52. The molecule has 6 heteroatoms. The number of amides is 2. The smallest absolute Gasteiger partial charge is 0.231 e. The quantitative estimate of drug-likeness (QED) is 0.629. The van der Waals surface area contributed by atoms with Gasteiger partial charge in [0.1, 0.15) is 0 Å². The van der Waals surface area contributed by atoms with Crippen molar-refractivity contribution in [2.24, 2.45) is 5.92 Å². The van der Waals surface area contributed by atoms with Crippen molar-refractivity contribution in [2.45, 2.75) is 33.1 Å². The van der Waals surface area contributed by atoms with Crippen molar-refractivity contribution in [2.75, 3.05) is 10.6 Å². The molecule has 3 rings (SSSR count). The second-order valence-corrected chi connectivity index (χ2v) is 7.74. The lowest BCUT2D eigenvalue weighted by atomic mass is 9.95. The Kier molecular flexibility index (Phi) is 5.86. The van der Waals surface area contributed by atoms with Gasteiger partial charge in [-0.25, -0.2) is 4.98 Å². The first-order chi connectivity index (χ1) is 13.0. The average Bonchev–Trinajstić information content (AvgIpc) is 3.04. The van der Waals surface area contributed by atoms with E-state index in [1.54, 1.807) is 0 Å². The number of nitrogens with one attached hydrogen (secondary N) is 2. The van der Waals surface area contributed by atoms with Crippen LogP contribution in [-0.4, -0.2) is 16.8 Å². The summed E-state index contributed by atoms with van der Waals surface area (Å²) in [5.74, 6) is -0.392. The standard InChI is InChI=1S/C21H23N3O2S/c1-4-16(14-8-6-5-7-9-14)20(26)22-15-10-11-18-17(12-15)23-21(27-18)24-19(25)13(2)3/h5-13,16H,4H2,1-3H3,(H,22,26)(H,23,24,25). The van der Waals surface area contributed by atoms with Gasteiger partial charge in [-0.2, -0.15) is 0 Å². The molecule has 1 atom stereocenters. The highest BCUT2D eigenvalue weighted by atomic mass is 32.1. The van der Waals surface area contributed by atoms with Gasteiger partial charge in [-0.1, -0.05) is 62.4 Å². The Labute approximate surface area is 162 Å². The van der Waals surface area contributed by atoms with E-state index in [9.17, 15) is 9.59 Å². The van der Waals surface area contributed by atoms with Crippen LogP contribution in [0.25, 0.3) is 10.2 Å². The molecular formula is C21H23N3O2S. The summed E-state index contributed by atoms with van der Waals surface area (Å²) in [6, 6.07) is 15.4. The molecule has 0 radical (unpaired) electrons. The zero-order valence-corrected chi connectivity index (χ0v) is 16.5. The van der Waals surface area contributed by atoms with Crippen LogP contribution in [0.1, 0.15) is 38.7 Å². The summed E-state index contributed by atoms with van der Waals surface area (Å²) in [4.78, 5) is 29.0. The minimum absolute atomic E-state index is 0.0355. The van der Waals surface area contributed by atoms with Crippen molar-refractivity contribution in [3.05, 3.63) is 54.1 Å². The summed E-state index contributed by atoms with van der Waals surface area (Å²) in [7, 11) is 0. The van der Waals surface area contributed by atoms with Crippen LogP contribution < -0.4 is 10.6 Å². The zero-order valence-electron chi connectivity index (χ0n) is 15.7. The number of fused-ring (bicyclic) bond motifs is 1. The average molecular weight is 382 g/mol. The largest absolute Gasteiger partial charge is 0.325 e. The lowest BCUT2D eigenvalue weighted by Crippen LogP contribution is -2.20. The van der Waals surface area contributed by atoms with Crippen LogP contribution in [0.4, 0.5) is 10.8 Å². The first kappa shape index (κ1) is 19.0. The van der Waals surface area contributed by atoms with Gasteiger partial charge < -0.3 is 10.6 Å². The number of carbonyl (C=O) groups excluding carboxylic acids is 2.